The lowest BCUT2D eigenvalue weighted by Crippen LogP contribution is -1.82. The molecule has 0 N–H and O–H groups in total. The molecule has 17 heavy (non-hydrogen) atoms. The minimum absolute atomic E-state index is 0.610. The Balaban J connectivity index is 2.59. The van der Waals surface area contributed by atoms with Crippen LogP contribution in [0.25, 0.3) is 0 Å². The van der Waals surface area contributed by atoms with Crippen molar-refractivity contribution in [3.63, 3.8) is 0 Å². The highest BCUT2D eigenvalue weighted by atomic mass is 35.5. The summed E-state index contributed by atoms with van der Waals surface area (Å²) in [5.41, 5.74) is 2.46. The molecule has 0 fully saturated rings. The molecule has 0 aliphatic carbocycles. The van der Waals surface area contributed by atoms with Gasteiger partial charge in [0.2, 0.25) is 0 Å². The largest absolute Gasteiger partial charge is 0.0843 e. The second kappa shape index (κ2) is 7.58. The minimum Gasteiger partial charge on any atom is -0.0843 e. The van der Waals surface area contributed by atoms with Crippen LogP contribution >= 0.6 is 23.2 Å². The van der Waals surface area contributed by atoms with Gasteiger partial charge in [-0.1, -0.05) is 66.4 Å². The molecule has 1 aromatic carbocycles. The molecule has 1 aromatic rings. The fraction of sp³-hybridized carbons (Fsp3) is 0.333. The third kappa shape index (κ3) is 5.43. The van der Waals surface area contributed by atoms with E-state index in [-0.39, 0.29) is 0 Å². The Kier molecular flexibility index (Phi) is 6.39. The molecular weight excluding hydrogens is 251 g/mol. The second-order valence-electron chi connectivity index (χ2n) is 4.09. The van der Waals surface area contributed by atoms with Gasteiger partial charge in [0.15, 0.2) is 0 Å². The van der Waals surface area contributed by atoms with E-state index in [4.69, 9.17) is 23.2 Å². The summed E-state index contributed by atoms with van der Waals surface area (Å²) in [5.74, 6) is 0. The van der Waals surface area contributed by atoms with Crippen LogP contribution in [0.5, 0.6) is 0 Å². The molecule has 0 saturated carbocycles. The number of halogens is 2. The summed E-state index contributed by atoms with van der Waals surface area (Å²) < 4.78 is 0. The molecular formula is C15H18Cl2. The predicted molar refractivity (Wildman–Crippen MR) is 78.0 cm³/mol. The van der Waals surface area contributed by atoms with Crippen LogP contribution in [-0.4, -0.2) is 0 Å². The summed E-state index contributed by atoms with van der Waals surface area (Å²) in [6.07, 6.45) is 9.79. The Hall–Kier alpha value is -0.720. The first-order chi connectivity index (χ1) is 8.13. The summed E-state index contributed by atoms with van der Waals surface area (Å²) in [7, 11) is 0. The molecule has 0 amide bonds. The molecule has 0 bridgehead atoms. The lowest BCUT2D eigenvalue weighted by molar-refractivity contribution is 0.957. The van der Waals surface area contributed by atoms with E-state index >= 15 is 0 Å². The number of rotatable bonds is 5. The van der Waals surface area contributed by atoms with E-state index in [0.29, 0.717) is 10.0 Å². The molecule has 0 atom stereocenters. The fourth-order valence-corrected chi connectivity index (χ4v) is 1.77. The van der Waals surface area contributed by atoms with E-state index in [0.717, 1.165) is 12.8 Å². The van der Waals surface area contributed by atoms with Gasteiger partial charge in [0.1, 0.15) is 0 Å². The van der Waals surface area contributed by atoms with Crippen molar-refractivity contribution in [1.29, 1.82) is 0 Å². The highest BCUT2D eigenvalue weighted by molar-refractivity contribution is 6.42. The minimum atomic E-state index is 0.610. The van der Waals surface area contributed by atoms with E-state index in [9.17, 15) is 0 Å². The van der Waals surface area contributed by atoms with Crippen molar-refractivity contribution >= 4 is 23.2 Å². The number of allylic oxidation sites excluding steroid dienone is 4. The maximum atomic E-state index is 5.96. The van der Waals surface area contributed by atoms with Gasteiger partial charge in [-0.3, -0.25) is 0 Å². The SMILES string of the molecule is CCCC=CC(C)=CCc1ccc(Cl)c(Cl)c1. The zero-order chi connectivity index (χ0) is 12.7. The zero-order valence-electron chi connectivity index (χ0n) is 10.3. The Morgan fingerprint density at radius 1 is 1.24 bits per heavy atom. The van der Waals surface area contributed by atoms with Crippen LogP contribution in [0.3, 0.4) is 0 Å². The lowest BCUT2D eigenvalue weighted by atomic mass is 10.1. The molecule has 1 rings (SSSR count). The average Bonchev–Trinajstić information content (AvgIpc) is 2.31. The van der Waals surface area contributed by atoms with Crippen molar-refractivity contribution in [1.82, 2.24) is 0 Å². The first-order valence-corrected chi connectivity index (χ1v) is 6.66. The Labute approximate surface area is 114 Å². The molecule has 0 aliphatic heterocycles. The maximum absolute atomic E-state index is 5.96. The van der Waals surface area contributed by atoms with Crippen LogP contribution in [0.15, 0.2) is 42.0 Å². The van der Waals surface area contributed by atoms with Crippen molar-refractivity contribution < 1.29 is 0 Å². The van der Waals surface area contributed by atoms with E-state index in [1.54, 1.807) is 0 Å². The Morgan fingerprint density at radius 3 is 2.65 bits per heavy atom. The van der Waals surface area contributed by atoms with E-state index in [2.05, 4.69) is 32.1 Å². The molecule has 0 heterocycles. The van der Waals surface area contributed by atoms with Gasteiger partial charge in [-0.05, 0) is 37.5 Å². The number of benzene rings is 1. The topological polar surface area (TPSA) is 0 Å². The monoisotopic (exact) mass is 268 g/mol. The molecule has 0 spiro atoms. The summed E-state index contributed by atoms with van der Waals surface area (Å²) in [6.45, 7) is 4.29. The smallest absolute Gasteiger partial charge is 0.0595 e. The summed E-state index contributed by atoms with van der Waals surface area (Å²) >= 11 is 11.8. The summed E-state index contributed by atoms with van der Waals surface area (Å²) in [4.78, 5) is 0. The van der Waals surface area contributed by atoms with Crippen LogP contribution in [0.4, 0.5) is 0 Å². The quantitative estimate of drug-likeness (QED) is 0.589. The molecule has 0 unspecified atom stereocenters. The van der Waals surface area contributed by atoms with Crippen LogP contribution in [0.1, 0.15) is 32.3 Å². The van der Waals surface area contributed by atoms with Gasteiger partial charge in [0, 0.05) is 0 Å². The van der Waals surface area contributed by atoms with Gasteiger partial charge in [-0.25, -0.2) is 0 Å². The third-order valence-corrected chi connectivity index (χ3v) is 3.22. The molecule has 2 heteroatoms. The van der Waals surface area contributed by atoms with Crippen molar-refractivity contribution in [3.8, 4) is 0 Å². The molecule has 92 valence electrons. The average molecular weight is 269 g/mol. The lowest BCUT2D eigenvalue weighted by Gasteiger charge is -2.00. The fourth-order valence-electron chi connectivity index (χ4n) is 1.45. The van der Waals surface area contributed by atoms with Crippen molar-refractivity contribution in [2.45, 2.75) is 33.1 Å². The molecule has 0 aromatic heterocycles. The highest BCUT2D eigenvalue weighted by Crippen LogP contribution is 2.23. The summed E-state index contributed by atoms with van der Waals surface area (Å²) in [6, 6.07) is 5.77. The van der Waals surface area contributed by atoms with E-state index in [1.165, 1.54) is 17.6 Å². The normalized spacial score (nSPS) is 12.4. The number of hydrogen-bond acceptors (Lipinski definition) is 0. The molecule has 0 radical (unpaired) electrons. The van der Waals surface area contributed by atoms with Gasteiger partial charge < -0.3 is 0 Å². The maximum Gasteiger partial charge on any atom is 0.0595 e. The van der Waals surface area contributed by atoms with Gasteiger partial charge in [0.25, 0.3) is 0 Å². The first kappa shape index (κ1) is 14.3. The molecule has 0 saturated heterocycles. The van der Waals surface area contributed by atoms with Crippen LogP contribution in [0.2, 0.25) is 10.0 Å². The van der Waals surface area contributed by atoms with Gasteiger partial charge >= 0.3 is 0 Å². The number of hydrogen-bond donors (Lipinski definition) is 0. The van der Waals surface area contributed by atoms with E-state index < -0.39 is 0 Å². The van der Waals surface area contributed by atoms with Crippen molar-refractivity contribution in [3.05, 3.63) is 57.6 Å². The first-order valence-electron chi connectivity index (χ1n) is 5.90. The molecule has 0 aliphatic rings. The van der Waals surface area contributed by atoms with Gasteiger partial charge in [0.05, 0.1) is 10.0 Å². The molecule has 0 nitrogen and oxygen atoms in total. The van der Waals surface area contributed by atoms with Crippen LogP contribution < -0.4 is 0 Å². The van der Waals surface area contributed by atoms with Crippen molar-refractivity contribution in [2.75, 3.05) is 0 Å². The zero-order valence-corrected chi connectivity index (χ0v) is 11.9. The van der Waals surface area contributed by atoms with Gasteiger partial charge in [-0.15, -0.1) is 0 Å². The van der Waals surface area contributed by atoms with Crippen LogP contribution in [-0.2, 0) is 6.42 Å². The second-order valence-corrected chi connectivity index (χ2v) is 4.91. The van der Waals surface area contributed by atoms with Gasteiger partial charge in [-0.2, -0.15) is 0 Å². The van der Waals surface area contributed by atoms with Crippen LogP contribution in [0, 0.1) is 0 Å². The van der Waals surface area contributed by atoms with Crippen molar-refractivity contribution in [2.24, 2.45) is 0 Å². The Morgan fingerprint density at radius 2 is 2.00 bits per heavy atom. The number of unbranched alkanes of at least 4 members (excludes halogenated alkanes) is 1. The highest BCUT2D eigenvalue weighted by Gasteiger charge is 1.97. The standard InChI is InChI=1S/C15H18Cl2/c1-3-4-5-6-12(2)7-8-13-9-10-14(16)15(17)11-13/h5-7,9-11H,3-4,8H2,1-2H3. The third-order valence-electron chi connectivity index (χ3n) is 2.48. The van der Waals surface area contributed by atoms with E-state index in [1.807, 2.05) is 18.2 Å². The Bertz CT molecular complexity index is 417. The predicted octanol–water partition coefficient (Wildman–Crippen LogP) is 5.84. The summed E-state index contributed by atoms with van der Waals surface area (Å²) in [5, 5.41) is 1.23.